The number of hydrogen-bond acceptors (Lipinski definition) is 5. The minimum Gasteiger partial charge on any atom is -0.463 e. The number of thioether (sulfide) groups is 1. The molecule has 1 saturated heterocycles. The fraction of sp³-hybridized carbons (Fsp3) is 0.227. The number of hydrogen-bond donors (Lipinski definition) is 1. The van der Waals surface area contributed by atoms with Gasteiger partial charge < -0.3 is 10.1 Å². The Hall–Kier alpha value is -3.06. The van der Waals surface area contributed by atoms with Crippen LogP contribution in [0.2, 0.25) is 0 Å². The number of benzene rings is 2. The standard InChI is InChI=1S/C22H22N2O4S/c1-2-28-21(27)13-20-24(19(26)15-29-20)14-18(25)23-22(16-9-5-3-6-10-16)17-11-7-4-8-12-17/h3-13,22H,2,14-15H2,1H3,(H,23,25)/b20-13+. The molecule has 0 atom stereocenters. The van der Waals surface area contributed by atoms with Gasteiger partial charge >= 0.3 is 5.97 Å². The summed E-state index contributed by atoms with van der Waals surface area (Å²) in [7, 11) is 0. The summed E-state index contributed by atoms with van der Waals surface area (Å²) in [6.07, 6.45) is 1.26. The van der Waals surface area contributed by atoms with E-state index in [0.717, 1.165) is 11.1 Å². The van der Waals surface area contributed by atoms with Gasteiger partial charge in [-0.1, -0.05) is 72.4 Å². The molecule has 7 heteroatoms. The van der Waals surface area contributed by atoms with Crippen LogP contribution in [0.4, 0.5) is 0 Å². The molecule has 150 valence electrons. The largest absolute Gasteiger partial charge is 0.463 e. The Morgan fingerprint density at radius 1 is 1.10 bits per heavy atom. The first kappa shape index (κ1) is 20.7. The van der Waals surface area contributed by atoms with Gasteiger partial charge in [0.05, 0.1) is 29.5 Å². The minimum absolute atomic E-state index is 0.159. The zero-order chi connectivity index (χ0) is 20.6. The van der Waals surface area contributed by atoms with E-state index < -0.39 is 5.97 Å². The number of esters is 1. The Kier molecular flexibility index (Phi) is 7.08. The summed E-state index contributed by atoms with van der Waals surface area (Å²) in [5.41, 5.74) is 1.88. The summed E-state index contributed by atoms with van der Waals surface area (Å²) in [5, 5.41) is 3.44. The van der Waals surface area contributed by atoms with Gasteiger partial charge in [0, 0.05) is 0 Å². The molecule has 1 N–H and O–H groups in total. The number of amides is 2. The molecule has 0 spiro atoms. The highest BCUT2D eigenvalue weighted by Gasteiger charge is 2.30. The Morgan fingerprint density at radius 2 is 1.69 bits per heavy atom. The van der Waals surface area contributed by atoms with E-state index in [4.69, 9.17) is 4.74 Å². The minimum atomic E-state index is -0.526. The number of rotatable bonds is 7. The van der Waals surface area contributed by atoms with E-state index in [1.54, 1.807) is 6.92 Å². The van der Waals surface area contributed by atoms with Crippen LogP contribution >= 0.6 is 11.8 Å². The lowest BCUT2D eigenvalue weighted by atomic mass is 9.99. The topological polar surface area (TPSA) is 75.7 Å². The van der Waals surface area contributed by atoms with Crippen LogP contribution in [0.25, 0.3) is 0 Å². The van der Waals surface area contributed by atoms with Crippen molar-refractivity contribution in [3.63, 3.8) is 0 Å². The fourth-order valence-electron chi connectivity index (χ4n) is 2.99. The summed E-state index contributed by atoms with van der Waals surface area (Å²) in [5.74, 6) is -0.856. The van der Waals surface area contributed by atoms with Crippen molar-refractivity contribution < 1.29 is 19.1 Å². The second-order valence-corrected chi connectivity index (χ2v) is 7.32. The van der Waals surface area contributed by atoms with Crippen molar-refractivity contribution in [2.24, 2.45) is 0 Å². The lowest BCUT2D eigenvalue weighted by Crippen LogP contribution is -2.39. The highest BCUT2D eigenvalue weighted by molar-refractivity contribution is 8.04. The first-order chi connectivity index (χ1) is 14.1. The van der Waals surface area contributed by atoms with Crippen LogP contribution in [0.5, 0.6) is 0 Å². The first-order valence-corrected chi connectivity index (χ1v) is 10.3. The monoisotopic (exact) mass is 410 g/mol. The van der Waals surface area contributed by atoms with Crippen molar-refractivity contribution in [2.75, 3.05) is 18.9 Å². The molecule has 2 aromatic carbocycles. The third kappa shape index (κ3) is 5.48. The lowest BCUT2D eigenvalue weighted by Gasteiger charge is -2.22. The van der Waals surface area contributed by atoms with Crippen molar-refractivity contribution in [3.8, 4) is 0 Å². The van der Waals surface area contributed by atoms with E-state index in [9.17, 15) is 14.4 Å². The van der Waals surface area contributed by atoms with E-state index in [1.165, 1.54) is 22.7 Å². The normalized spacial score (nSPS) is 15.0. The van der Waals surface area contributed by atoms with Crippen LogP contribution < -0.4 is 5.32 Å². The molecule has 2 aromatic rings. The average Bonchev–Trinajstić information content (AvgIpc) is 3.07. The average molecular weight is 410 g/mol. The molecule has 2 amide bonds. The van der Waals surface area contributed by atoms with E-state index in [-0.39, 0.29) is 36.8 Å². The Labute approximate surface area is 173 Å². The maximum absolute atomic E-state index is 12.8. The molecule has 1 aliphatic rings. The van der Waals surface area contributed by atoms with E-state index in [2.05, 4.69) is 5.32 Å². The molecule has 0 aliphatic carbocycles. The van der Waals surface area contributed by atoms with Gasteiger partial charge in [-0.15, -0.1) is 0 Å². The van der Waals surface area contributed by atoms with E-state index in [1.807, 2.05) is 60.7 Å². The SMILES string of the molecule is CCOC(=O)/C=C1/SCC(=O)N1CC(=O)NC(c1ccccc1)c1ccccc1. The van der Waals surface area contributed by atoms with Gasteiger partial charge in [0.2, 0.25) is 11.8 Å². The number of nitrogens with one attached hydrogen (secondary N) is 1. The molecule has 0 saturated carbocycles. The second-order valence-electron chi connectivity index (χ2n) is 6.33. The van der Waals surface area contributed by atoms with Gasteiger partial charge in [-0.3, -0.25) is 14.5 Å². The summed E-state index contributed by atoms with van der Waals surface area (Å²) in [4.78, 5) is 38.1. The maximum atomic E-state index is 12.8. The predicted octanol–water partition coefficient (Wildman–Crippen LogP) is 2.87. The Bertz CT molecular complexity index is 860. The molecule has 0 unspecified atom stereocenters. The third-order valence-electron chi connectivity index (χ3n) is 4.31. The van der Waals surface area contributed by atoms with Gasteiger partial charge in [0.1, 0.15) is 6.54 Å². The maximum Gasteiger partial charge on any atom is 0.333 e. The molecule has 0 aromatic heterocycles. The molecule has 3 rings (SSSR count). The molecule has 6 nitrogen and oxygen atoms in total. The van der Waals surface area contributed by atoms with Crippen LogP contribution in [0.15, 0.2) is 71.8 Å². The molecule has 1 heterocycles. The third-order valence-corrected chi connectivity index (χ3v) is 5.34. The van der Waals surface area contributed by atoms with Crippen molar-refractivity contribution in [1.82, 2.24) is 10.2 Å². The number of nitrogens with zero attached hydrogens (tertiary/aromatic N) is 1. The van der Waals surface area contributed by atoms with E-state index >= 15 is 0 Å². The van der Waals surface area contributed by atoms with Gasteiger partial charge in [0.15, 0.2) is 0 Å². The summed E-state index contributed by atoms with van der Waals surface area (Å²) in [6, 6.07) is 18.9. The van der Waals surface area contributed by atoms with Crippen LogP contribution in [0, 0.1) is 0 Å². The zero-order valence-electron chi connectivity index (χ0n) is 16.0. The van der Waals surface area contributed by atoms with Crippen LogP contribution in [0.1, 0.15) is 24.1 Å². The van der Waals surface area contributed by atoms with Gasteiger partial charge in [0.25, 0.3) is 0 Å². The van der Waals surface area contributed by atoms with Crippen molar-refractivity contribution in [1.29, 1.82) is 0 Å². The predicted molar refractivity (Wildman–Crippen MR) is 112 cm³/mol. The number of carbonyl (C=O) groups excluding carboxylic acids is 3. The molecule has 1 fully saturated rings. The highest BCUT2D eigenvalue weighted by atomic mass is 32.2. The smallest absolute Gasteiger partial charge is 0.333 e. The lowest BCUT2D eigenvalue weighted by molar-refractivity contribution is -0.137. The Morgan fingerprint density at radius 3 is 2.24 bits per heavy atom. The molecular formula is C22H22N2O4S. The van der Waals surface area contributed by atoms with Crippen LogP contribution in [0.3, 0.4) is 0 Å². The molecule has 0 bridgehead atoms. The van der Waals surface area contributed by atoms with E-state index in [0.29, 0.717) is 5.03 Å². The second kappa shape index (κ2) is 9.93. The van der Waals surface area contributed by atoms with Crippen molar-refractivity contribution >= 4 is 29.5 Å². The first-order valence-electron chi connectivity index (χ1n) is 9.29. The van der Waals surface area contributed by atoms with Crippen LogP contribution in [-0.2, 0) is 19.1 Å². The van der Waals surface area contributed by atoms with Gasteiger partial charge in [-0.25, -0.2) is 4.79 Å². The highest BCUT2D eigenvalue weighted by Crippen LogP contribution is 2.29. The molecule has 1 aliphatic heterocycles. The summed E-state index contributed by atoms with van der Waals surface area (Å²) >= 11 is 1.22. The molecule has 0 radical (unpaired) electrons. The number of ether oxygens (including phenoxy) is 1. The van der Waals surface area contributed by atoms with Crippen molar-refractivity contribution in [3.05, 3.63) is 82.9 Å². The number of carbonyl (C=O) groups is 3. The summed E-state index contributed by atoms with van der Waals surface area (Å²) < 4.78 is 4.91. The molecule has 29 heavy (non-hydrogen) atoms. The fourth-order valence-corrected chi connectivity index (χ4v) is 3.91. The quantitative estimate of drug-likeness (QED) is 0.561. The Balaban J connectivity index is 1.76. The van der Waals surface area contributed by atoms with Crippen molar-refractivity contribution in [2.45, 2.75) is 13.0 Å². The van der Waals surface area contributed by atoms with Gasteiger partial charge in [-0.05, 0) is 18.1 Å². The summed E-state index contributed by atoms with van der Waals surface area (Å²) in [6.45, 7) is 1.80. The molecular weight excluding hydrogens is 388 g/mol. The zero-order valence-corrected chi connectivity index (χ0v) is 16.9. The van der Waals surface area contributed by atoms with Gasteiger partial charge in [-0.2, -0.15) is 0 Å². The van der Waals surface area contributed by atoms with Crippen LogP contribution in [-0.4, -0.2) is 41.6 Å².